The summed E-state index contributed by atoms with van der Waals surface area (Å²) in [6, 6.07) is 6.10. The summed E-state index contributed by atoms with van der Waals surface area (Å²) >= 11 is 5.86. The zero-order valence-corrected chi connectivity index (χ0v) is 13.0. The van der Waals surface area contributed by atoms with Crippen LogP contribution in [0.3, 0.4) is 0 Å². The summed E-state index contributed by atoms with van der Waals surface area (Å²) in [5.74, 6) is 0.862. The van der Waals surface area contributed by atoms with Crippen molar-refractivity contribution < 1.29 is 13.2 Å². The number of likely N-dealkylation sites (tertiary alicyclic amines) is 1. The van der Waals surface area contributed by atoms with Crippen molar-refractivity contribution in [2.24, 2.45) is 5.92 Å². The van der Waals surface area contributed by atoms with Crippen LogP contribution in [0.2, 0.25) is 0 Å². The predicted octanol–water partition coefficient (Wildman–Crippen LogP) is 2.18. The lowest BCUT2D eigenvalue weighted by Gasteiger charge is -2.31. The highest BCUT2D eigenvalue weighted by Gasteiger charge is 2.24. The van der Waals surface area contributed by atoms with Crippen LogP contribution in [0.4, 0.5) is 0 Å². The number of hydrogen-bond acceptors (Lipinski definition) is 3. The third-order valence-corrected chi connectivity index (χ3v) is 5.12. The van der Waals surface area contributed by atoms with E-state index in [9.17, 15) is 13.2 Å². The van der Waals surface area contributed by atoms with Gasteiger partial charge in [0.25, 0.3) is 5.91 Å². The number of carbonyl (C=O) groups excluding carboxylic acids is 1. The molecule has 0 bridgehead atoms. The fraction of sp³-hybridized carbons (Fsp3) is 0.500. The Morgan fingerprint density at radius 3 is 2.55 bits per heavy atom. The molecule has 1 aliphatic rings. The standard InChI is InChI=1S/C14H18ClNO3S/c1-20(18,19)13-6-4-12(5-7-13)14(17)16-8-2-3-11(9-15)10-16/h4-7,11H,2-3,8-10H2,1H3. The van der Waals surface area contributed by atoms with Gasteiger partial charge in [-0.05, 0) is 43.0 Å². The van der Waals surface area contributed by atoms with Crippen LogP contribution in [-0.4, -0.2) is 44.5 Å². The van der Waals surface area contributed by atoms with E-state index in [2.05, 4.69) is 0 Å². The Bertz CT molecular complexity index is 583. The predicted molar refractivity (Wildman–Crippen MR) is 78.9 cm³/mol. The molecule has 1 fully saturated rings. The Labute approximate surface area is 124 Å². The molecule has 1 atom stereocenters. The van der Waals surface area contributed by atoms with Gasteiger partial charge in [-0.2, -0.15) is 0 Å². The number of amides is 1. The topological polar surface area (TPSA) is 54.5 Å². The van der Waals surface area contributed by atoms with Gasteiger partial charge in [-0.3, -0.25) is 4.79 Å². The summed E-state index contributed by atoms with van der Waals surface area (Å²) in [5.41, 5.74) is 0.521. The molecule has 0 aliphatic carbocycles. The Balaban J connectivity index is 2.13. The first-order valence-electron chi connectivity index (χ1n) is 6.57. The van der Waals surface area contributed by atoms with Crippen LogP contribution < -0.4 is 0 Å². The van der Waals surface area contributed by atoms with Crippen molar-refractivity contribution >= 4 is 27.3 Å². The van der Waals surface area contributed by atoms with E-state index in [1.165, 1.54) is 12.1 Å². The van der Waals surface area contributed by atoms with Gasteiger partial charge in [0, 0.05) is 30.8 Å². The van der Waals surface area contributed by atoms with E-state index < -0.39 is 9.84 Å². The van der Waals surface area contributed by atoms with Gasteiger partial charge in [0.1, 0.15) is 0 Å². The Hall–Kier alpha value is -1.07. The largest absolute Gasteiger partial charge is 0.338 e. The van der Waals surface area contributed by atoms with Crippen molar-refractivity contribution in [3.05, 3.63) is 29.8 Å². The Kier molecular flexibility index (Phi) is 4.70. The molecule has 2 rings (SSSR count). The van der Waals surface area contributed by atoms with E-state index in [1.807, 2.05) is 0 Å². The maximum absolute atomic E-state index is 12.4. The van der Waals surface area contributed by atoms with Crippen LogP contribution in [-0.2, 0) is 9.84 Å². The van der Waals surface area contributed by atoms with Crippen LogP contribution in [0.25, 0.3) is 0 Å². The quantitative estimate of drug-likeness (QED) is 0.803. The van der Waals surface area contributed by atoms with Crippen LogP contribution in [0.5, 0.6) is 0 Å². The first kappa shape index (κ1) is 15.3. The third-order valence-electron chi connectivity index (χ3n) is 3.55. The van der Waals surface area contributed by atoms with Crippen molar-refractivity contribution in [1.29, 1.82) is 0 Å². The summed E-state index contributed by atoms with van der Waals surface area (Å²) < 4.78 is 22.8. The van der Waals surface area contributed by atoms with Gasteiger partial charge >= 0.3 is 0 Å². The second-order valence-electron chi connectivity index (χ2n) is 5.21. The molecule has 4 nitrogen and oxygen atoms in total. The normalized spacial score (nSPS) is 19.9. The molecule has 0 N–H and O–H groups in total. The average molecular weight is 316 g/mol. The van der Waals surface area contributed by atoms with Gasteiger partial charge in [-0.25, -0.2) is 8.42 Å². The Morgan fingerprint density at radius 2 is 2.00 bits per heavy atom. The number of rotatable bonds is 3. The van der Waals surface area contributed by atoms with Crippen LogP contribution in [0.1, 0.15) is 23.2 Å². The first-order chi connectivity index (χ1) is 9.41. The molecule has 1 amide bonds. The maximum Gasteiger partial charge on any atom is 0.253 e. The number of nitrogens with zero attached hydrogens (tertiary/aromatic N) is 1. The number of benzene rings is 1. The Morgan fingerprint density at radius 1 is 1.35 bits per heavy atom. The van der Waals surface area contributed by atoms with Crippen molar-refractivity contribution in [3.63, 3.8) is 0 Å². The van der Waals surface area contributed by atoms with E-state index in [0.29, 0.717) is 23.9 Å². The molecular weight excluding hydrogens is 298 g/mol. The van der Waals surface area contributed by atoms with Crippen LogP contribution >= 0.6 is 11.6 Å². The molecule has 1 aliphatic heterocycles. The molecule has 20 heavy (non-hydrogen) atoms. The zero-order valence-electron chi connectivity index (χ0n) is 11.4. The minimum atomic E-state index is -3.23. The molecule has 1 aromatic rings. The van der Waals surface area contributed by atoms with Gasteiger partial charge in [-0.1, -0.05) is 0 Å². The van der Waals surface area contributed by atoms with E-state index in [4.69, 9.17) is 11.6 Å². The van der Waals surface area contributed by atoms with E-state index in [-0.39, 0.29) is 10.8 Å². The monoisotopic (exact) mass is 315 g/mol. The summed E-state index contributed by atoms with van der Waals surface area (Å²) in [7, 11) is -3.23. The minimum absolute atomic E-state index is 0.0557. The third kappa shape index (κ3) is 3.52. The smallest absolute Gasteiger partial charge is 0.253 e. The number of alkyl halides is 1. The number of piperidine rings is 1. The number of carbonyl (C=O) groups is 1. The molecule has 0 aromatic heterocycles. The van der Waals surface area contributed by atoms with Crippen LogP contribution in [0.15, 0.2) is 29.2 Å². The fourth-order valence-corrected chi connectivity index (χ4v) is 3.29. The molecule has 1 unspecified atom stereocenters. The van der Waals surface area contributed by atoms with E-state index in [0.717, 1.165) is 25.6 Å². The summed E-state index contributed by atoms with van der Waals surface area (Å²) in [5, 5.41) is 0. The first-order valence-corrected chi connectivity index (χ1v) is 9.00. The van der Waals surface area contributed by atoms with Gasteiger partial charge in [0.15, 0.2) is 9.84 Å². The molecule has 6 heteroatoms. The van der Waals surface area contributed by atoms with Gasteiger partial charge in [0.2, 0.25) is 0 Å². The highest BCUT2D eigenvalue weighted by atomic mass is 35.5. The summed E-state index contributed by atoms with van der Waals surface area (Å²) in [6.07, 6.45) is 3.17. The minimum Gasteiger partial charge on any atom is -0.338 e. The van der Waals surface area contributed by atoms with Crippen LogP contribution in [0, 0.1) is 5.92 Å². The van der Waals surface area contributed by atoms with Gasteiger partial charge in [-0.15, -0.1) is 11.6 Å². The van der Waals surface area contributed by atoms with E-state index in [1.54, 1.807) is 17.0 Å². The molecule has 0 saturated carbocycles. The highest BCUT2D eigenvalue weighted by Crippen LogP contribution is 2.20. The lowest BCUT2D eigenvalue weighted by molar-refractivity contribution is 0.0684. The molecule has 110 valence electrons. The molecule has 1 heterocycles. The zero-order chi connectivity index (χ0) is 14.8. The van der Waals surface area contributed by atoms with Crippen molar-refractivity contribution in [1.82, 2.24) is 4.90 Å². The second kappa shape index (κ2) is 6.14. The SMILES string of the molecule is CS(=O)(=O)c1ccc(C(=O)N2CCCC(CCl)C2)cc1. The second-order valence-corrected chi connectivity index (χ2v) is 7.53. The summed E-state index contributed by atoms with van der Waals surface area (Å²) in [4.78, 5) is 14.4. The fourth-order valence-electron chi connectivity index (χ4n) is 2.40. The molecule has 1 aromatic carbocycles. The van der Waals surface area contributed by atoms with Gasteiger partial charge in [0.05, 0.1) is 4.90 Å². The molecule has 0 spiro atoms. The lowest BCUT2D eigenvalue weighted by atomic mass is 9.99. The number of hydrogen-bond donors (Lipinski definition) is 0. The van der Waals surface area contributed by atoms with Gasteiger partial charge < -0.3 is 4.90 Å². The molecular formula is C14H18ClNO3S. The number of sulfone groups is 1. The van der Waals surface area contributed by atoms with Crippen molar-refractivity contribution in [2.75, 3.05) is 25.2 Å². The molecule has 0 radical (unpaired) electrons. The van der Waals surface area contributed by atoms with Crippen molar-refractivity contribution in [2.45, 2.75) is 17.7 Å². The lowest BCUT2D eigenvalue weighted by Crippen LogP contribution is -2.40. The van der Waals surface area contributed by atoms with E-state index >= 15 is 0 Å². The summed E-state index contributed by atoms with van der Waals surface area (Å²) in [6.45, 7) is 1.41. The maximum atomic E-state index is 12.4. The van der Waals surface area contributed by atoms with Crippen molar-refractivity contribution in [3.8, 4) is 0 Å². The average Bonchev–Trinajstić information content (AvgIpc) is 2.46. The highest BCUT2D eigenvalue weighted by molar-refractivity contribution is 7.90. The molecule has 1 saturated heterocycles. The number of halogens is 1.